The molecule has 0 nitrogen and oxygen atoms in total. The number of rotatable bonds is 3. The second-order valence-electron chi connectivity index (χ2n) is 4.20. The summed E-state index contributed by atoms with van der Waals surface area (Å²) in [5.41, 5.74) is -5.42. The van der Waals surface area contributed by atoms with Crippen LogP contribution in [-0.2, 0) is 0 Å². The van der Waals surface area contributed by atoms with Gasteiger partial charge in [-0.1, -0.05) is 0 Å². The van der Waals surface area contributed by atoms with Gasteiger partial charge in [0.25, 0.3) is 0 Å². The average Bonchev–Trinajstić information content (AvgIpc) is 1.98. The Balaban J connectivity index is 0. The van der Waals surface area contributed by atoms with Gasteiger partial charge in [0.2, 0.25) is 0 Å². The molecule has 11 heteroatoms. The Morgan fingerprint density at radius 1 is 0.611 bits per heavy atom. The molecule has 0 aromatic heterocycles. The Hall–Kier alpha value is 0.0900. The second kappa shape index (κ2) is 4.89. The highest BCUT2D eigenvalue weighted by atomic mass is 35.5. The smallest absolute Gasteiger partial charge is 0.460 e. The van der Waals surface area contributed by atoms with Gasteiger partial charge in [-0.15, -0.1) is 0 Å². The van der Waals surface area contributed by atoms with E-state index in [0.717, 1.165) is 0 Å². The summed E-state index contributed by atoms with van der Waals surface area (Å²) in [6.07, 6.45) is -6.74. The van der Waals surface area contributed by atoms with E-state index in [1.165, 1.54) is 0 Å². The molecule has 0 aliphatic carbocycles. The molecule has 0 aliphatic heterocycles. The minimum absolute atomic E-state index is 0. The molecule has 0 amide bonds. The lowest BCUT2D eigenvalue weighted by Gasteiger charge is -2.35. The Morgan fingerprint density at radius 2 is 0.889 bits per heavy atom. The molecule has 0 unspecified atom stereocenters. The molecule has 112 valence electrons. The van der Waals surface area contributed by atoms with Crippen LogP contribution in [0.5, 0.6) is 0 Å². The number of alkyl halides is 9. The van der Waals surface area contributed by atoms with E-state index in [2.05, 4.69) is 0 Å². The molecule has 0 saturated carbocycles. The van der Waals surface area contributed by atoms with Crippen LogP contribution >= 0.6 is 7.26 Å². The van der Waals surface area contributed by atoms with Gasteiger partial charge in [-0.3, -0.25) is 0 Å². The van der Waals surface area contributed by atoms with Crippen molar-refractivity contribution in [1.82, 2.24) is 0 Å². The molecule has 0 heterocycles. The van der Waals surface area contributed by atoms with Gasteiger partial charge >= 0.3 is 23.7 Å². The minimum atomic E-state index is -6.78. The van der Waals surface area contributed by atoms with Crippen LogP contribution < -0.4 is 12.4 Å². The maximum atomic E-state index is 13.1. The van der Waals surface area contributed by atoms with Gasteiger partial charge in [-0.25, -0.2) is 0 Å². The predicted octanol–water partition coefficient (Wildman–Crippen LogP) is 1.32. The predicted molar refractivity (Wildman–Crippen MR) is 45.6 cm³/mol. The zero-order chi connectivity index (χ0) is 14.5. The van der Waals surface area contributed by atoms with Gasteiger partial charge in [0.1, 0.15) is 0 Å². The zero-order valence-corrected chi connectivity index (χ0v) is 10.9. The van der Waals surface area contributed by atoms with E-state index in [9.17, 15) is 39.5 Å². The lowest BCUT2D eigenvalue weighted by atomic mass is 10.1. The van der Waals surface area contributed by atoms with Gasteiger partial charge in [0, 0.05) is 0 Å². The first-order chi connectivity index (χ1) is 7.00. The Morgan fingerprint density at radius 3 is 1.06 bits per heavy atom. The van der Waals surface area contributed by atoms with Crippen LogP contribution in [0.1, 0.15) is 0 Å². The summed E-state index contributed by atoms with van der Waals surface area (Å²) in [7, 11) is -3.97. The number of halogens is 10. The third-order valence-electron chi connectivity index (χ3n) is 1.97. The third-order valence-corrected chi connectivity index (χ3v) is 3.94. The Labute approximate surface area is 104 Å². The highest BCUT2D eigenvalue weighted by Gasteiger charge is 2.86. The second-order valence-corrected chi connectivity index (χ2v) is 8.79. The van der Waals surface area contributed by atoms with Gasteiger partial charge in [0.05, 0.1) is 27.3 Å². The summed E-state index contributed by atoms with van der Waals surface area (Å²) >= 11 is 0. The molecule has 0 spiro atoms. The van der Waals surface area contributed by atoms with Crippen molar-refractivity contribution >= 4 is 7.26 Å². The van der Waals surface area contributed by atoms with Crippen LogP contribution in [0.3, 0.4) is 0 Å². The summed E-state index contributed by atoms with van der Waals surface area (Å²) in [6.45, 7) is 1.65. The lowest BCUT2D eigenvalue weighted by Crippen LogP contribution is -3.00. The first-order valence-electron chi connectivity index (χ1n) is 4.02. The quantitative estimate of drug-likeness (QED) is 0.541. The summed E-state index contributed by atoms with van der Waals surface area (Å²) in [5, 5.41) is 0. The topological polar surface area (TPSA) is 0 Å². The third kappa shape index (κ3) is 2.81. The van der Waals surface area contributed by atoms with E-state index >= 15 is 0 Å². The molecule has 0 radical (unpaired) electrons. The SMILES string of the molecule is C[P+](C)(C)C(F)(F)C(F)(F)C(F)(F)C(F)(F)F.[Cl-]. The molecular weight excluding hydrogens is 321 g/mol. The minimum Gasteiger partial charge on any atom is -1.00 e. The van der Waals surface area contributed by atoms with Gasteiger partial charge in [-0.05, 0) is 0 Å². The first-order valence-corrected chi connectivity index (χ1v) is 7.15. The molecule has 0 N–H and O–H groups in total. The molecule has 0 fully saturated rings. The van der Waals surface area contributed by atoms with Gasteiger partial charge < -0.3 is 12.4 Å². The summed E-state index contributed by atoms with van der Waals surface area (Å²) in [4.78, 5) is 0. The molecular formula is C7H9ClF9P. The van der Waals surface area contributed by atoms with Gasteiger partial charge in [-0.2, -0.15) is 39.5 Å². The Bertz CT molecular complexity index is 262. The fourth-order valence-corrected chi connectivity index (χ4v) is 1.77. The Kier molecular flexibility index (Phi) is 5.54. The van der Waals surface area contributed by atoms with Crippen molar-refractivity contribution < 1.29 is 51.9 Å². The van der Waals surface area contributed by atoms with Crippen LogP contribution in [0.4, 0.5) is 39.5 Å². The molecule has 0 aromatic rings. The normalized spacial score (nSPS) is 15.3. The van der Waals surface area contributed by atoms with Crippen LogP contribution in [0, 0.1) is 0 Å². The number of hydrogen-bond donors (Lipinski definition) is 0. The molecule has 0 saturated heterocycles. The molecule has 0 rings (SSSR count). The molecule has 0 aromatic carbocycles. The van der Waals surface area contributed by atoms with Crippen LogP contribution in [0.2, 0.25) is 0 Å². The van der Waals surface area contributed by atoms with Crippen molar-refractivity contribution in [2.24, 2.45) is 0 Å². The molecule has 18 heavy (non-hydrogen) atoms. The van der Waals surface area contributed by atoms with Crippen molar-refractivity contribution in [3.8, 4) is 0 Å². The van der Waals surface area contributed by atoms with E-state index < -0.39 is 30.9 Å². The highest BCUT2D eigenvalue weighted by molar-refractivity contribution is 7.74. The van der Waals surface area contributed by atoms with E-state index in [4.69, 9.17) is 0 Å². The highest BCUT2D eigenvalue weighted by Crippen LogP contribution is 2.70. The first kappa shape index (κ1) is 20.4. The van der Waals surface area contributed by atoms with Crippen molar-refractivity contribution in [3.05, 3.63) is 0 Å². The summed E-state index contributed by atoms with van der Waals surface area (Å²) < 4.78 is 112. The maximum Gasteiger partial charge on any atom is 0.460 e. The fraction of sp³-hybridized carbons (Fsp3) is 1.00. The average molecular weight is 331 g/mol. The standard InChI is InChI=1S/C7H9F9P.ClH/c1-17(2,3)7(15,16)5(10,11)4(8,9)6(12,13)14;/h1-3H3;1H/q+1;/p-1. The van der Waals surface area contributed by atoms with Gasteiger partial charge in [0.15, 0.2) is 0 Å². The summed E-state index contributed by atoms with van der Waals surface area (Å²) in [6, 6.07) is 0. The lowest BCUT2D eigenvalue weighted by molar-refractivity contribution is -0.382. The maximum absolute atomic E-state index is 13.1. The van der Waals surface area contributed by atoms with Crippen molar-refractivity contribution in [2.75, 3.05) is 20.0 Å². The molecule has 0 atom stereocenters. The van der Waals surface area contributed by atoms with Crippen LogP contribution in [0.15, 0.2) is 0 Å². The van der Waals surface area contributed by atoms with E-state index in [1.54, 1.807) is 0 Å². The van der Waals surface area contributed by atoms with Crippen molar-refractivity contribution in [1.29, 1.82) is 0 Å². The van der Waals surface area contributed by atoms with E-state index in [0.29, 0.717) is 20.0 Å². The molecule has 0 bridgehead atoms. The van der Waals surface area contributed by atoms with E-state index in [-0.39, 0.29) is 12.4 Å². The van der Waals surface area contributed by atoms with Crippen LogP contribution in [-0.4, -0.2) is 43.7 Å². The molecule has 0 aliphatic rings. The van der Waals surface area contributed by atoms with E-state index in [1.807, 2.05) is 0 Å². The summed E-state index contributed by atoms with van der Waals surface area (Å²) in [5.74, 6) is -13.3. The van der Waals surface area contributed by atoms with Crippen molar-refractivity contribution in [2.45, 2.75) is 23.7 Å². The number of hydrogen-bond acceptors (Lipinski definition) is 0. The van der Waals surface area contributed by atoms with Crippen LogP contribution in [0.25, 0.3) is 0 Å². The zero-order valence-electron chi connectivity index (χ0n) is 9.23. The largest absolute Gasteiger partial charge is 1.00 e. The van der Waals surface area contributed by atoms with Crippen molar-refractivity contribution in [3.63, 3.8) is 0 Å². The monoisotopic (exact) mass is 330 g/mol. The fourth-order valence-electron chi connectivity index (χ4n) is 0.788.